The summed E-state index contributed by atoms with van der Waals surface area (Å²) in [5, 5.41) is 20.3. The van der Waals surface area contributed by atoms with Crippen molar-refractivity contribution in [3.8, 4) is 5.75 Å². The lowest BCUT2D eigenvalue weighted by atomic mass is 9.94. The lowest BCUT2D eigenvalue weighted by Crippen LogP contribution is -2.30. The van der Waals surface area contributed by atoms with Gasteiger partial charge in [0.2, 0.25) is 5.78 Å². The third kappa shape index (κ3) is 3.74. The van der Waals surface area contributed by atoms with Gasteiger partial charge < -0.3 is 24.3 Å². The Balaban J connectivity index is 1.72. The van der Waals surface area contributed by atoms with Gasteiger partial charge in [0.1, 0.15) is 5.75 Å². The first kappa shape index (κ1) is 20.9. The number of aliphatic hydroxyl groups excluding tert-OH is 1. The fraction of sp³-hybridized carbons (Fsp3) is 0.125. The SMILES string of the molecule is COC(=O)c1ccc(CN2C(=O)C(O)=C(C(=O)c3ccco3)C2c2ccc(O)cc2)cc1. The number of aliphatic hydroxyl groups is 1. The normalized spacial score (nSPS) is 15.8. The summed E-state index contributed by atoms with van der Waals surface area (Å²) >= 11 is 0. The van der Waals surface area contributed by atoms with E-state index in [0.717, 1.165) is 0 Å². The van der Waals surface area contributed by atoms with Crippen LogP contribution < -0.4 is 0 Å². The van der Waals surface area contributed by atoms with Crippen LogP contribution in [0.3, 0.4) is 0 Å². The molecule has 1 unspecified atom stereocenters. The first-order valence-electron chi connectivity index (χ1n) is 9.69. The number of ketones is 1. The number of esters is 1. The van der Waals surface area contributed by atoms with Gasteiger partial charge in [-0.25, -0.2) is 4.79 Å². The molecule has 0 saturated heterocycles. The van der Waals surface area contributed by atoms with E-state index in [0.29, 0.717) is 16.7 Å². The first-order chi connectivity index (χ1) is 15.4. The molecule has 0 fully saturated rings. The van der Waals surface area contributed by atoms with Gasteiger partial charge in [0, 0.05) is 6.54 Å². The number of nitrogens with zero attached hydrogens (tertiary/aromatic N) is 1. The van der Waals surface area contributed by atoms with Crippen LogP contribution in [0.5, 0.6) is 5.75 Å². The molecule has 0 saturated carbocycles. The lowest BCUT2D eigenvalue weighted by Gasteiger charge is -2.27. The molecule has 32 heavy (non-hydrogen) atoms. The summed E-state index contributed by atoms with van der Waals surface area (Å²) in [6.07, 6.45) is 1.33. The van der Waals surface area contributed by atoms with Crippen LogP contribution in [0.15, 0.2) is 82.7 Å². The molecule has 0 spiro atoms. The molecule has 4 rings (SSSR count). The van der Waals surface area contributed by atoms with Crippen molar-refractivity contribution < 1.29 is 33.8 Å². The molecule has 0 aliphatic carbocycles. The van der Waals surface area contributed by atoms with Crippen LogP contribution in [0.2, 0.25) is 0 Å². The molecule has 8 heteroatoms. The van der Waals surface area contributed by atoms with Crippen molar-refractivity contribution in [1.82, 2.24) is 4.90 Å². The Hall–Kier alpha value is -4.33. The molecule has 1 atom stereocenters. The van der Waals surface area contributed by atoms with Crippen LogP contribution >= 0.6 is 0 Å². The van der Waals surface area contributed by atoms with Gasteiger partial charge in [0.25, 0.3) is 5.91 Å². The number of methoxy groups -OCH3 is 1. The lowest BCUT2D eigenvalue weighted by molar-refractivity contribution is -0.130. The number of hydrogen-bond acceptors (Lipinski definition) is 7. The van der Waals surface area contributed by atoms with E-state index in [9.17, 15) is 24.6 Å². The van der Waals surface area contributed by atoms with Gasteiger partial charge in [-0.1, -0.05) is 24.3 Å². The third-order valence-electron chi connectivity index (χ3n) is 5.23. The van der Waals surface area contributed by atoms with E-state index in [4.69, 9.17) is 9.15 Å². The third-order valence-corrected chi connectivity index (χ3v) is 5.23. The molecule has 1 aliphatic rings. The van der Waals surface area contributed by atoms with Gasteiger partial charge in [0.05, 0.1) is 30.6 Å². The number of hydrogen-bond donors (Lipinski definition) is 2. The van der Waals surface area contributed by atoms with E-state index in [2.05, 4.69) is 0 Å². The van der Waals surface area contributed by atoms with Crippen molar-refractivity contribution in [2.45, 2.75) is 12.6 Å². The van der Waals surface area contributed by atoms with Crippen LogP contribution in [-0.4, -0.2) is 39.9 Å². The van der Waals surface area contributed by atoms with Crippen LogP contribution in [-0.2, 0) is 16.1 Å². The Morgan fingerprint density at radius 2 is 1.72 bits per heavy atom. The summed E-state index contributed by atoms with van der Waals surface area (Å²) in [5.41, 5.74) is 1.45. The first-order valence-corrected chi connectivity index (χ1v) is 9.69. The number of carbonyl (C=O) groups is 3. The number of furan rings is 1. The Morgan fingerprint density at radius 3 is 2.31 bits per heavy atom. The topological polar surface area (TPSA) is 117 Å². The van der Waals surface area contributed by atoms with Crippen molar-refractivity contribution in [1.29, 1.82) is 0 Å². The Bertz CT molecular complexity index is 1190. The zero-order valence-corrected chi connectivity index (χ0v) is 17.0. The molecule has 3 aromatic rings. The highest BCUT2D eigenvalue weighted by Crippen LogP contribution is 2.40. The Morgan fingerprint density at radius 1 is 1.03 bits per heavy atom. The zero-order valence-electron chi connectivity index (χ0n) is 17.0. The largest absolute Gasteiger partial charge is 0.508 e. The second-order valence-electron chi connectivity index (χ2n) is 7.18. The molecule has 8 nitrogen and oxygen atoms in total. The number of Topliss-reactive ketones (excluding diaryl/α,β-unsaturated/α-hetero) is 1. The van der Waals surface area contributed by atoms with Crippen molar-refractivity contribution in [2.75, 3.05) is 7.11 Å². The summed E-state index contributed by atoms with van der Waals surface area (Å²) in [5.74, 6) is -2.45. The van der Waals surface area contributed by atoms with Crippen molar-refractivity contribution in [2.24, 2.45) is 0 Å². The van der Waals surface area contributed by atoms with Crippen molar-refractivity contribution in [3.63, 3.8) is 0 Å². The molecular weight excluding hydrogens is 414 g/mol. The number of phenols is 1. The average Bonchev–Trinajstić information content (AvgIpc) is 3.43. The monoisotopic (exact) mass is 433 g/mol. The molecule has 2 aromatic carbocycles. The number of amides is 1. The number of ether oxygens (including phenoxy) is 1. The van der Waals surface area contributed by atoms with Crippen LogP contribution in [0, 0.1) is 0 Å². The number of carbonyl (C=O) groups excluding carboxylic acids is 3. The molecule has 0 bridgehead atoms. The number of phenolic OH excluding ortho intramolecular Hbond substituents is 1. The van der Waals surface area contributed by atoms with Gasteiger partial charge in [-0.05, 0) is 47.5 Å². The van der Waals surface area contributed by atoms with Gasteiger partial charge in [-0.15, -0.1) is 0 Å². The van der Waals surface area contributed by atoms with E-state index in [1.165, 1.54) is 42.5 Å². The number of benzene rings is 2. The summed E-state index contributed by atoms with van der Waals surface area (Å²) in [6.45, 7) is 0.0603. The van der Waals surface area contributed by atoms with E-state index in [1.807, 2.05) is 0 Å². The minimum atomic E-state index is -0.902. The maximum Gasteiger partial charge on any atom is 0.337 e. The summed E-state index contributed by atoms with van der Waals surface area (Å²) in [7, 11) is 1.29. The fourth-order valence-corrected chi connectivity index (χ4v) is 3.65. The molecule has 2 heterocycles. The van der Waals surface area contributed by atoms with E-state index < -0.39 is 29.5 Å². The van der Waals surface area contributed by atoms with Crippen molar-refractivity contribution >= 4 is 17.7 Å². The van der Waals surface area contributed by atoms with Crippen LogP contribution in [0.1, 0.15) is 38.1 Å². The van der Waals surface area contributed by atoms with E-state index >= 15 is 0 Å². The number of rotatable bonds is 6. The molecule has 1 amide bonds. The minimum absolute atomic E-state index is 0.00703. The zero-order chi connectivity index (χ0) is 22.8. The number of aromatic hydroxyl groups is 1. The Labute approximate surface area is 183 Å². The summed E-state index contributed by atoms with van der Waals surface area (Å²) < 4.78 is 9.88. The highest BCUT2D eigenvalue weighted by Gasteiger charge is 2.44. The van der Waals surface area contributed by atoms with Crippen LogP contribution in [0.25, 0.3) is 0 Å². The molecule has 2 N–H and O–H groups in total. The van der Waals surface area contributed by atoms with Gasteiger partial charge in [-0.2, -0.15) is 0 Å². The van der Waals surface area contributed by atoms with E-state index in [-0.39, 0.29) is 23.6 Å². The smallest absolute Gasteiger partial charge is 0.337 e. The average molecular weight is 433 g/mol. The molecule has 1 aliphatic heterocycles. The maximum atomic E-state index is 13.1. The standard InChI is InChI=1S/C24H19NO7/c1-31-24(30)16-6-4-14(5-7-16)13-25-20(15-8-10-17(26)11-9-15)19(22(28)23(25)29)21(27)18-3-2-12-32-18/h2-12,20,26,28H,13H2,1H3. The Kier molecular flexibility index (Phi) is 5.51. The molecule has 1 aromatic heterocycles. The van der Waals surface area contributed by atoms with Gasteiger partial charge in [0.15, 0.2) is 11.5 Å². The summed E-state index contributed by atoms with van der Waals surface area (Å²) in [6, 6.07) is 14.6. The molecule has 162 valence electrons. The van der Waals surface area contributed by atoms with Gasteiger partial charge >= 0.3 is 5.97 Å². The second kappa shape index (κ2) is 8.43. The highest BCUT2D eigenvalue weighted by atomic mass is 16.5. The molecule has 0 radical (unpaired) electrons. The van der Waals surface area contributed by atoms with Crippen LogP contribution in [0.4, 0.5) is 0 Å². The predicted octanol–water partition coefficient (Wildman–Crippen LogP) is 3.55. The summed E-state index contributed by atoms with van der Waals surface area (Å²) in [4.78, 5) is 39.1. The minimum Gasteiger partial charge on any atom is -0.508 e. The van der Waals surface area contributed by atoms with Gasteiger partial charge in [-0.3, -0.25) is 9.59 Å². The predicted molar refractivity (Wildman–Crippen MR) is 112 cm³/mol. The molecular formula is C24H19NO7. The highest BCUT2D eigenvalue weighted by molar-refractivity contribution is 6.15. The van der Waals surface area contributed by atoms with E-state index in [1.54, 1.807) is 36.4 Å². The maximum absolute atomic E-state index is 13.1. The second-order valence-corrected chi connectivity index (χ2v) is 7.18. The van der Waals surface area contributed by atoms with Crippen molar-refractivity contribution in [3.05, 3.63) is 101 Å². The quantitative estimate of drug-likeness (QED) is 0.451. The fourth-order valence-electron chi connectivity index (χ4n) is 3.65.